The highest BCUT2D eigenvalue weighted by Gasteiger charge is 2.18. The van der Waals surface area contributed by atoms with Gasteiger partial charge < -0.3 is 10.1 Å². The zero-order chi connectivity index (χ0) is 14.5. The Kier molecular flexibility index (Phi) is 4.65. The molecule has 0 atom stereocenters. The highest BCUT2D eigenvalue weighted by Crippen LogP contribution is 2.20. The summed E-state index contributed by atoms with van der Waals surface area (Å²) in [5, 5.41) is 9.63. The van der Waals surface area contributed by atoms with Crippen LogP contribution in [0.15, 0.2) is 22.8 Å². The summed E-state index contributed by atoms with van der Waals surface area (Å²) >= 11 is 5.63. The molecule has 0 fully saturated rings. The lowest BCUT2D eigenvalue weighted by Gasteiger charge is -2.04. The lowest BCUT2D eigenvalue weighted by atomic mass is 10.2. The van der Waals surface area contributed by atoms with Crippen molar-refractivity contribution in [3.05, 3.63) is 40.4 Å². The molecule has 0 spiro atoms. The van der Waals surface area contributed by atoms with Gasteiger partial charge in [-0.2, -0.15) is 0 Å². The zero-order valence-electron chi connectivity index (χ0n) is 10.5. The molecule has 1 heterocycles. The molecule has 0 radical (unpaired) electrons. The predicted octanol–water partition coefficient (Wildman–Crippen LogP) is 2.30. The number of anilines is 1. The van der Waals surface area contributed by atoms with E-state index >= 15 is 0 Å². The molecule has 0 saturated carbocycles. The quantitative estimate of drug-likeness (QED) is 0.916. The van der Waals surface area contributed by atoms with Gasteiger partial charge in [-0.05, 0) is 23.4 Å². The summed E-state index contributed by atoms with van der Waals surface area (Å²) in [7, 11) is 1.54. The minimum absolute atomic E-state index is 0.0579. The Labute approximate surface area is 118 Å². The molecule has 20 heavy (non-hydrogen) atoms. The number of methoxy groups -OCH3 is 1. The maximum Gasteiger partial charge on any atom is 0.279 e. The molecule has 0 aliphatic rings. The van der Waals surface area contributed by atoms with Crippen LogP contribution in [0.1, 0.15) is 16.2 Å². The molecule has 0 unspecified atom stereocenters. The van der Waals surface area contributed by atoms with Crippen LogP contribution >= 0.6 is 11.6 Å². The van der Waals surface area contributed by atoms with Gasteiger partial charge in [0.1, 0.15) is 11.5 Å². The molecule has 2 rings (SSSR count). The van der Waals surface area contributed by atoms with E-state index in [0.29, 0.717) is 24.4 Å². The van der Waals surface area contributed by atoms with E-state index in [9.17, 15) is 9.18 Å². The largest absolute Gasteiger partial charge is 0.384 e. The third kappa shape index (κ3) is 3.31. The molecule has 8 heteroatoms. The number of hydrogen-bond donors (Lipinski definition) is 1. The lowest BCUT2D eigenvalue weighted by Crippen LogP contribution is -2.15. The number of carbonyl (C=O) groups is 1. The number of hydrogen-bond acceptors (Lipinski definition) is 5. The van der Waals surface area contributed by atoms with Crippen molar-refractivity contribution in [1.82, 2.24) is 10.3 Å². The van der Waals surface area contributed by atoms with E-state index in [-0.39, 0.29) is 10.7 Å². The first kappa shape index (κ1) is 14.4. The van der Waals surface area contributed by atoms with Crippen molar-refractivity contribution in [2.45, 2.75) is 6.42 Å². The van der Waals surface area contributed by atoms with Crippen LogP contribution in [0.25, 0.3) is 0 Å². The second-order valence-electron chi connectivity index (χ2n) is 3.89. The Hall–Kier alpha value is -1.99. The summed E-state index contributed by atoms with van der Waals surface area (Å²) in [5.74, 6) is -1.08. The van der Waals surface area contributed by atoms with Gasteiger partial charge in [0.05, 0.1) is 11.6 Å². The summed E-state index contributed by atoms with van der Waals surface area (Å²) in [5.41, 5.74) is 0.794. The van der Waals surface area contributed by atoms with Gasteiger partial charge in [-0.15, -0.1) is 0 Å². The molecule has 1 N–H and O–H groups in total. The maximum atomic E-state index is 13.0. The number of halogens is 2. The molecule has 1 aromatic carbocycles. The van der Waals surface area contributed by atoms with Gasteiger partial charge >= 0.3 is 0 Å². The fourth-order valence-electron chi connectivity index (χ4n) is 1.51. The zero-order valence-corrected chi connectivity index (χ0v) is 11.3. The third-order valence-electron chi connectivity index (χ3n) is 2.49. The van der Waals surface area contributed by atoms with Crippen LogP contribution in [0.5, 0.6) is 0 Å². The minimum atomic E-state index is -0.562. The average Bonchev–Trinajstić information content (AvgIpc) is 2.89. The highest BCUT2D eigenvalue weighted by atomic mass is 35.5. The number of nitrogens with zero attached hydrogens (tertiary/aromatic N) is 2. The molecule has 106 valence electrons. The van der Waals surface area contributed by atoms with Crippen LogP contribution in [0.3, 0.4) is 0 Å². The van der Waals surface area contributed by atoms with Gasteiger partial charge in [0.25, 0.3) is 5.91 Å². The highest BCUT2D eigenvalue weighted by molar-refractivity contribution is 6.31. The Morgan fingerprint density at radius 1 is 1.50 bits per heavy atom. The Balaban J connectivity index is 2.11. The van der Waals surface area contributed by atoms with Crippen molar-refractivity contribution >= 4 is 23.2 Å². The first-order valence-corrected chi connectivity index (χ1v) is 6.06. The molecule has 0 bridgehead atoms. The predicted molar refractivity (Wildman–Crippen MR) is 69.2 cm³/mol. The molecular weight excluding hydrogens is 289 g/mol. The lowest BCUT2D eigenvalue weighted by molar-refractivity contribution is 0.101. The number of rotatable bonds is 5. The van der Waals surface area contributed by atoms with Crippen molar-refractivity contribution in [3.63, 3.8) is 0 Å². The fraction of sp³-hybridized carbons (Fsp3) is 0.250. The smallest absolute Gasteiger partial charge is 0.279 e. The molecule has 2 aromatic rings. The monoisotopic (exact) mass is 299 g/mol. The number of carbonyl (C=O) groups excluding carboxylic acids is 1. The SMILES string of the molecule is COCCc1nonc1C(=O)Nc1ccc(F)c(Cl)c1. The minimum Gasteiger partial charge on any atom is -0.384 e. The van der Waals surface area contributed by atoms with E-state index in [4.69, 9.17) is 16.3 Å². The van der Waals surface area contributed by atoms with Crippen LogP contribution in [0.4, 0.5) is 10.1 Å². The fourth-order valence-corrected chi connectivity index (χ4v) is 1.69. The van der Waals surface area contributed by atoms with Crippen molar-refractivity contribution in [2.75, 3.05) is 19.0 Å². The third-order valence-corrected chi connectivity index (χ3v) is 2.78. The molecule has 1 amide bonds. The van der Waals surface area contributed by atoms with Crippen LogP contribution in [0.2, 0.25) is 5.02 Å². The van der Waals surface area contributed by atoms with E-state index in [1.807, 2.05) is 0 Å². The number of benzene rings is 1. The second kappa shape index (κ2) is 6.44. The number of aromatic nitrogens is 2. The summed E-state index contributed by atoms with van der Waals surface area (Å²) in [6.45, 7) is 0.386. The normalized spacial score (nSPS) is 10.6. The van der Waals surface area contributed by atoms with Crippen LogP contribution in [-0.2, 0) is 11.2 Å². The Morgan fingerprint density at radius 3 is 3.00 bits per heavy atom. The molecule has 6 nitrogen and oxygen atoms in total. The standard InChI is InChI=1S/C12H11ClFN3O3/c1-19-5-4-10-11(17-20-16-10)12(18)15-7-2-3-9(14)8(13)6-7/h2-3,6H,4-5H2,1H3,(H,15,18). The van der Waals surface area contributed by atoms with Crippen molar-refractivity contribution in [1.29, 1.82) is 0 Å². The van der Waals surface area contributed by atoms with Crippen LogP contribution in [0, 0.1) is 5.82 Å². The summed E-state index contributed by atoms with van der Waals surface area (Å²) in [6.07, 6.45) is 0.396. The Bertz CT molecular complexity index is 618. The Morgan fingerprint density at radius 2 is 2.30 bits per heavy atom. The molecular formula is C12H11ClFN3O3. The van der Waals surface area contributed by atoms with Crippen molar-refractivity contribution in [3.8, 4) is 0 Å². The second-order valence-corrected chi connectivity index (χ2v) is 4.29. The summed E-state index contributed by atoms with van der Waals surface area (Å²) in [4.78, 5) is 12.0. The molecule has 1 aromatic heterocycles. The average molecular weight is 300 g/mol. The van der Waals surface area contributed by atoms with E-state index in [1.165, 1.54) is 19.2 Å². The van der Waals surface area contributed by atoms with Crippen LogP contribution < -0.4 is 5.32 Å². The molecule has 0 aliphatic carbocycles. The van der Waals surface area contributed by atoms with E-state index in [2.05, 4.69) is 20.3 Å². The van der Waals surface area contributed by atoms with Gasteiger partial charge in [0, 0.05) is 19.2 Å². The summed E-state index contributed by atoms with van der Waals surface area (Å²) < 4.78 is 22.5. The van der Waals surface area contributed by atoms with Gasteiger partial charge in [-0.1, -0.05) is 16.8 Å². The maximum absolute atomic E-state index is 13.0. The van der Waals surface area contributed by atoms with Crippen LogP contribution in [-0.4, -0.2) is 29.9 Å². The molecule has 0 saturated heterocycles. The number of ether oxygens (including phenoxy) is 1. The van der Waals surface area contributed by atoms with Gasteiger partial charge in [0.2, 0.25) is 0 Å². The molecule has 0 aliphatic heterocycles. The van der Waals surface area contributed by atoms with Gasteiger partial charge in [-0.25, -0.2) is 9.02 Å². The van der Waals surface area contributed by atoms with Crippen molar-refractivity contribution in [2.24, 2.45) is 0 Å². The van der Waals surface area contributed by atoms with Gasteiger partial charge in [0.15, 0.2) is 5.69 Å². The number of amides is 1. The summed E-state index contributed by atoms with van der Waals surface area (Å²) in [6, 6.07) is 3.85. The van der Waals surface area contributed by atoms with Gasteiger partial charge in [-0.3, -0.25) is 4.79 Å². The topological polar surface area (TPSA) is 77.2 Å². The van der Waals surface area contributed by atoms with E-state index in [1.54, 1.807) is 0 Å². The number of nitrogens with one attached hydrogen (secondary N) is 1. The first-order chi connectivity index (χ1) is 9.61. The van der Waals surface area contributed by atoms with E-state index < -0.39 is 11.7 Å². The first-order valence-electron chi connectivity index (χ1n) is 5.68. The van der Waals surface area contributed by atoms with Crippen molar-refractivity contribution < 1.29 is 18.6 Å². The van der Waals surface area contributed by atoms with E-state index in [0.717, 1.165) is 6.07 Å².